The van der Waals surface area contributed by atoms with Crippen LogP contribution in [0.15, 0.2) is 47.0 Å². The molecule has 0 spiro atoms. The minimum absolute atomic E-state index is 0.531. The monoisotopic (exact) mass is 394 g/mol. The highest BCUT2D eigenvalue weighted by Crippen LogP contribution is 2.25. The maximum atomic E-state index is 8.91. The first-order chi connectivity index (χ1) is 13.6. The van der Waals surface area contributed by atoms with E-state index in [9.17, 15) is 0 Å². The summed E-state index contributed by atoms with van der Waals surface area (Å²) in [5.74, 6) is 0. The fourth-order valence-corrected chi connectivity index (χ4v) is 4.07. The molecule has 1 aliphatic rings. The van der Waals surface area contributed by atoms with Gasteiger partial charge < -0.3 is 4.52 Å². The molecule has 0 N–H and O–H groups in total. The molecule has 1 fully saturated rings. The summed E-state index contributed by atoms with van der Waals surface area (Å²) in [5.41, 5.74) is 3.70. The van der Waals surface area contributed by atoms with Gasteiger partial charge in [0.25, 0.3) is 0 Å². The van der Waals surface area contributed by atoms with Crippen molar-refractivity contribution in [1.29, 1.82) is 5.26 Å². The lowest BCUT2D eigenvalue weighted by Gasteiger charge is -2.36. The topological polar surface area (TPSA) is 56.3 Å². The van der Waals surface area contributed by atoms with Gasteiger partial charge in [0.1, 0.15) is 5.69 Å². The van der Waals surface area contributed by atoms with Crippen molar-refractivity contribution in [2.45, 2.75) is 32.0 Å². The molecule has 2 heterocycles. The van der Waals surface area contributed by atoms with E-state index in [1.54, 1.807) is 0 Å². The highest BCUT2D eigenvalue weighted by atomic mass is 35.5. The third kappa shape index (κ3) is 4.20. The van der Waals surface area contributed by atoms with Crippen LogP contribution in [-0.4, -0.2) is 41.1 Å². The summed E-state index contributed by atoms with van der Waals surface area (Å²) in [6.45, 7) is 3.84. The number of fused-ring (bicyclic) bond motifs is 1. The van der Waals surface area contributed by atoms with Crippen molar-refractivity contribution < 1.29 is 4.52 Å². The zero-order chi connectivity index (χ0) is 19.5. The Labute approximate surface area is 170 Å². The van der Waals surface area contributed by atoms with E-state index >= 15 is 0 Å². The Morgan fingerprint density at radius 2 is 1.96 bits per heavy atom. The van der Waals surface area contributed by atoms with Crippen LogP contribution in [0.25, 0.3) is 11.0 Å². The number of hydrogen-bond donors (Lipinski definition) is 0. The molecule has 0 unspecified atom stereocenters. The van der Waals surface area contributed by atoms with E-state index in [2.05, 4.69) is 40.2 Å². The van der Waals surface area contributed by atoms with Crippen LogP contribution in [0.4, 0.5) is 0 Å². The van der Waals surface area contributed by atoms with Gasteiger partial charge in [0, 0.05) is 29.5 Å². The Morgan fingerprint density at radius 1 is 1.21 bits per heavy atom. The summed E-state index contributed by atoms with van der Waals surface area (Å²) < 4.78 is 5.43. The van der Waals surface area contributed by atoms with E-state index in [0.29, 0.717) is 16.6 Å². The van der Waals surface area contributed by atoms with Gasteiger partial charge in [-0.3, -0.25) is 9.80 Å². The molecule has 1 aliphatic heterocycles. The second-order valence-electron chi connectivity index (χ2n) is 7.50. The molecule has 1 aromatic heterocycles. The Balaban J connectivity index is 1.32. The SMILES string of the molecule is CN(Cc1noc2ccc(Cl)cc12)C1CCN(Cc2ccc(C#N)cc2)CC1. The van der Waals surface area contributed by atoms with Crippen LogP contribution in [0.5, 0.6) is 0 Å². The van der Waals surface area contributed by atoms with Gasteiger partial charge in [0.2, 0.25) is 0 Å². The number of rotatable bonds is 5. The van der Waals surface area contributed by atoms with Gasteiger partial charge in [0.15, 0.2) is 5.58 Å². The Bertz CT molecular complexity index is 984. The number of halogens is 1. The molecule has 3 aromatic rings. The molecule has 5 nitrogen and oxygen atoms in total. The second kappa shape index (κ2) is 8.32. The molecule has 0 atom stereocenters. The molecule has 4 rings (SSSR count). The summed E-state index contributed by atoms with van der Waals surface area (Å²) in [7, 11) is 2.16. The number of nitriles is 1. The number of nitrogens with zero attached hydrogens (tertiary/aromatic N) is 4. The van der Waals surface area contributed by atoms with E-state index in [-0.39, 0.29) is 0 Å². The largest absolute Gasteiger partial charge is 0.356 e. The van der Waals surface area contributed by atoms with Crippen molar-refractivity contribution in [2.75, 3.05) is 20.1 Å². The van der Waals surface area contributed by atoms with E-state index in [1.807, 2.05) is 30.3 Å². The van der Waals surface area contributed by atoms with Crippen LogP contribution >= 0.6 is 11.6 Å². The quantitative estimate of drug-likeness (QED) is 0.639. The molecule has 28 heavy (non-hydrogen) atoms. The molecule has 0 amide bonds. The van der Waals surface area contributed by atoms with Gasteiger partial charge >= 0.3 is 0 Å². The van der Waals surface area contributed by atoms with Crippen LogP contribution in [0, 0.1) is 11.3 Å². The summed E-state index contributed by atoms with van der Waals surface area (Å²) in [6.07, 6.45) is 2.26. The van der Waals surface area contributed by atoms with Gasteiger partial charge in [-0.2, -0.15) is 5.26 Å². The first kappa shape index (κ1) is 18.9. The van der Waals surface area contributed by atoms with Crippen LogP contribution in [0.2, 0.25) is 5.02 Å². The smallest absolute Gasteiger partial charge is 0.167 e. The van der Waals surface area contributed by atoms with Gasteiger partial charge in [-0.25, -0.2) is 0 Å². The minimum atomic E-state index is 0.531. The average Bonchev–Trinajstić information content (AvgIpc) is 3.11. The number of hydrogen-bond acceptors (Lipinski definition) is 5. The molecule has 144 valence electrons. The maximum absolute atomic E-state index is 8.91. The summed E-state index contributed by atoms with van der Waals surface area (Å²) >= 11 is 6.13. The molecule has 6 heteroatoms. The summed E-state index contributed by atoms with van der Waals surface area (Å²) in [5, 5.41) is 14.9. The third-order valence-electron chi connectivity index (χ3n) is 5.58. The maximum Gasteiger partial charge on any atom is 0.167 e. The van der Waals surface area contributed by atoms with Gasteiger partial charge in [-0.1, -0.05) is 28.9 Å². The summed E-state index contributed by atoms with van der Waals surface area (Å²) in [4.78, 5) is 4.86. The Hall–Kier alpha value is -2.39. The second-order valence-corrected chi connectivity index (χ2v) is 7.94. The number of aromatic nitrogens is 1. The lowest BCUT2D eigenvalue weighted by molar-refractivity contribution is 0.118. The molecule has 0 radical (unpaired) electrons. The lowest BCUT2D eigenvalue weighted by atomic mass is 10.0. The molecule has 2 aromatic carbocycles. The predicted molar refractivity (Wildman–Crippen MR) is 110 cm³/mol. The van der Waals surface area contributed by atoms with Gasteiger partial charge in [0.05, 0.1) is 11.6 Å². The van der Waals surface area contributed by atoms with Crippen molar-refractivity contribution in [3.05, 3.63) is 64.3 Å². The summed E-state index contributed by atoms with van der Waals surface area (Å²) in [6, 6.07) is 16.2. The van der Waals surface area contributed by atoms with E-state index in [0.717, 1.165) is 55.7 Å². The third-order valence-corrected chi connectivity index (χ3v) is 5.81. The van der Waals surface area contributed by atoms with Crippen molar-refractivity contribution in [3.63, 3.8) is 0 Å². The zero-order valence-corrected chi connectivity index (χ0v) is 16.7. The Kier molecular flexibility index (Phi) is 5.63. The average molecular weight is 395 g/mol. The molecule has 0 bridgehead atoms. The van der Waals surface area contributed by atoms with Gasteiger partial charge in [-0.05, 0) is 68.9 Å². The molecule has 1 saturated heterocycles. The molecular formula is C22H23ClN4O. The predicted octanol–water partition coefficient (Wildman–Crippen LogP) is 4.45. The number of piperidine rings is 1. The van der Waals surface area contributed by atoms with Crippen LogP contribution in [0.1, 0.15) is 29.7 Å². The fraction of sp³-hybridized carbons (Fsp3) is 0.364. The van der Waals surface area contributed by atoms with Crippen LogP contribution < -0.4 is 0 Å². The van der Waals surface area contributed by atoms with E-state index in [1.165, 1.54) is 5.56 Å². The minimum Gasteiger partial charge on any atom is -0.356 e. The highest BCUT2D eigenvalue weighted by molar-refractivity contribution is 6.31. The normalized spacial score (nSPS) is 15.9. The first-order valence-corrected chi connectivity index (χ1v) is 9.95. The van der Waals surface area contributed by atoms with Crippen LogP contribution in [0.3, 0.4) is 0 Å². The molecule has 0 saturated carbocycles. The molecular weight excluding hydrogens is 372 g/mol. The van der Waals surface area contributed by atoms with Crippen molar-refractivity contribution >= 4 is 22.6 Å². The highest BCUT2D eigenvalue weighted by Gasteiger charge is 2.23. The van der Waals surface area contributed by atoms with E-state index < -0.39 is 0 Å². The first-order valence-electron chi connectivity index (χ1n) is 9.58. The van der Waals surface area contributed by atoms with Crippen LogP contribution in [-0.2, 0) is 13.1 Å². The standard InChI is InChI=1S/C22H23ClN4O/c1-26(15-21-20-12-18(23)6-7-22(20)28-25-21)19-8-10-27(11-9-19)14-17-4-2-16(13-24)3-5-17/h2-7,12,19H,8-11,14-15H2,1H3. The van der Waals surface area contributed by atoms with E-state index in [4.69, 9.17) is 21.4 Å². The Morgan fingerprint density at radius 3 is 2.68 bits per heavy atom. The van der Waals surface area contributed by atoms with Gasteiger partial charge in [-0.15, -0.1) is 0 Å². The fourth-order valence-electron chi connectivity index (χ4n) is 3.90. The number of likely N-dealkylation sites (tertiary alicyclic amines) is 1. The van der Waals surface area contributed by atoms with Crippen molar-refractivity contribution in [1.82, 2.24) is 15.0 Å². The molecule has 0 aliphatic carbocycles. The zero-order valence-electron chi connectivity index (χ0n) is 15.9. The lowest BCUT2D eigenvalue weighted by Crippen LogP contribution is -2.42. The van der Waals surface area contributed by atoms with Crippen molar-refractivity contribution in [3.8, 4) is 6.07 Å². The van der Waals surface area contributed by atoms with Crippen molar-refractivity contribution in [2.24, 2.45) is 0 Å². The number of benzene rings is 2.